The Hall–Kier alpha value is -2.67. The number of hydrogen-bond donors (Lipinski definition) is 1. The van der Waals surface area contributed by atoms with Gasteiger partial charge in [0.2, 0.25) is 5.91 Å². The van der Waals surface area contributed by atoms with Crippen LogP contribution in [0.1, 0.15) is 43.8 Å². The van der Waals surface area contributed by atoms with Crippen LogP contribution in [0.2, 0.25) is 0 Å². The van der Waals surface area contributed by atoms with Crippen LogP contribution in [0.4, 0.5) is 0 Å². The summed E-state index contributed by atoms with van der Waals surface area (Å²) in [6, 6.07) is 13.2. The van der Waals surface area contributed by atoms with Crippen molar-refractivity contribution in [2.24, 2.45) is 0 Å². The molecular weight excluding hydrogens is 384 g/mol. The Labute approximate surface area is 173 Å². The molecule has 1 fully saturated rings. The molecule has 0 atom stereocenters. The highest BCUT2D eigenvalue weighted by molar-refractivity contribution is 7.99. The third kappa shape index (κ3) is 4.67. The van der Waals surface area contributed by atoms with Gasteiger partial charge >= 0.3 is 0 Å². The van der Waals surface area contributed by atoms with Gasteiger partial charge in [-0.1, -0.05) is 49.2 Å². The van der Waals surface area contributed by atoms with Crippen LogP contribution in [0, 0.1) is 0 Å². The summed E-state index contributed by atoms with van der Waals surface area (Å²) in [6.07, 6.45) is 7.14. The molecule has 1 saturated carbocycles. The Morgan fingerprint density at radius 3 is 2.69 bits per heavy atom. The van der Waals surface area contributed by atoms with E-state index in [9.17, 15) is 9.59 Å². The number of carbonyl (C=O) groups is 1. The first-order chi connectivity index (χ1) is 14.2. The Bertz CT molecular complexity index is 1050. The number of nitrogens with one attached hydrogen (secondary N) is 1. The second-order valence-corrected chi connectivity index (χ2v) is 8.21. The van der Waals surface area contributed by atoms with Crippen LogP contribution in [-0.2, 0) is 11.3 Å². The Balaban J connectivity index is 1.53. The van der Waals surface area contributed by atoms with Gasteiger partial charge in [0.15, 0.2) is 5.16 Å². The molecule has 1 amide bonds. The second-order valence-electron chi connectivity index (χ2n) is 7.26. The summed E-state index contributed by atoms with van der Waals surface area (Å²) in [5.74, 6) is 0.114. The van der Waals surface area contributed by atoms with Gasteiger partial charge in [-0.15, -0.1) is 0 Å². The molecule has 6 nitrogen and oxygen atoms in total. The lowest BCUT2D eigenvalue weighted by Gasteiger charge is -2.26. The Kier molecular flexibility index (Phi) is 6.24. The van der Waals surface area contributed by atoms with Gasteiger partial charge in [0.05, 0.1) is 28.9 Å². The van der Waals surface area contributed by atoms with E-state index >= 15 is 0 Å². The molecule has 4 rings (SSSR count). The van der Waals surface area contributed by atoms with Crippen LogP contribution in [0.5, 0.6) is 0 Å². The highest BCUT2D eigenvalue weighted by Crippen LogP contribution is 2.31. The molecule has 0 bridgehead atoms. The average molecular weight is 409 g/mol. The molecule has 0 spiro atoms. The molecule has 1 aliphatic rings. The summed E-state index contributed by atoms with van der Waals surface area (Å²) in [4.78, 5) is 34.5. The third-order valence-electron chi connectivity index (χ3n) is 5.24. The minimum Gasteiger partial charge on any atom is -0.350 e. The first-order valence-electron chi connectivity index (χ1n) is 10.0. The van der Waals surface area contributed by atoms with E-state index < -0.39 is 0 Å². The summed E-state index contributed by atoms with van der Waals surface area (Å²) in [6.45, 7) is 0.390. The molecule has 0 aliphatic heterocycles. The molecule has 2 heterocycles. The zero-order valence-corrected chi connectivity index (χ0v) is 17.0. The Morgan fingerprint density at radius 2 is 1.90 bits per heavy atom. The van der Waals surface area contributed by atoms with E-state index in [2.05, 4.69) is 10.3 Å². The molecule has 0 unspecified atom stereocenters. The van der Waals surface area contributed by atoms with E-state index in [0.29, 0.717) is 22.6 Å². The normalized spacial score (nSPS) is 14.8. The van der Waals surface area contributed by atoms with Crippen LogP contribution in [0.15, 0.2) is 58.6 Å². The van der Waals surface area contributed by atoms with Crippen molar-refractivity contribution in [3.8, 4) is 0 Å². The van der Waals surface area contributed by atoms with Gasteiger partial charge < -0.3 is 5.32 Å². The van der Waals surface area contributed by atoms with Crippen molar-refractivity contribution in [1.29, 1.82) is 0 Å². The fraction of sp³-hybridized carbons (Fsp3) is 0.364. The largest absolute Gasteiger partial charge is 0.350 e. The number of carbonyl (C=O) groups excluding carboxylic acids is 1. The number of hydrogen-bond acceptors (Lipinski definition) is 5. The fourth-order valence-corrected chi connectivity index (χ4v) is 4.66. The van der Waals surface area contributed by atoms with Gasteiger partial charge in [0.25, 0.3) is 5.56 Å². The minimum absolute atomic E-state index is 0.00102. The zero-order valence-electron chi connectivity index (χ0n) is 16.2. The summed E-state index contributed by atoms with van der Waals surface area (Å²) >= 11 is 1.33. The number of amides is 1. The van der Waals surface area contributed by atoms with Gasteiger partial charge in [0, 0.05) is 12.2 Å². The average Bonchev–Trinajstić information content (AvgIpc) is 2.77. The monoisotopic (exact) mass is 408 g/mol. The number of rotatable bonds is 6. The molecule has 0 radical (unpaired) electrons. The van der Waals surface area contributed by atoms with Crippen molar-refractivity contribution in [3.05, 3.63) is 64.7 Å². The standard InChI is InChI=1S/C22H24N4O2S/c27-20(24-14-16-8-6-7-13-23-16)15-29-22-25-19-12-5-4-11-18(19)21(28)26(22)17-9-2-1-3-10-17/h4-8,11-13,17H,1-3,9-10,14-15H2,(H,24,27). The predicted molar refractivity (Wildman–Crippen MR) is 115 cm³/mol. The molecule has 2 aromatic heterocycles. The SMILES string of the molecule is O=C(CSc1nc2ccccc2c(=O)n1C1CCCCC1)NCc1ccccn1. The molecule has 1 aromatic carbocycles. The van der Waals surface area contributed by atoms with E-state index in [-0.39, 0.29) is 23.3 Å². The number of para-hydroxylation sites is 1. The third-order valence-corrected chi connectivity index (χ3v) is 6.19. The second kappa shape index (κ2) is 9.22. The molecule has 0 saturated heterocycles. The molecule has 7 heteroatoms. The maximum atomic E-state index is 13.2. The molecule has 3 aromatic rings. The number of fused-ring (bicyclic) bond motifs is 1. The molecular formula is C22H24N4O2S. The van der Waals surface area contributed by atoms with E-state index in [1.54, 1.807) is 6.20 Å². The quantitative estimate of drug-likeness (QED) is 0.497. The van der Waals surface area contributed by atoms with E-state index in [0.717, 1.165) is 31.4 Å². The topological polar surface area (TPSA) is 76.9 Å². The highest BCUT2D eigenvalue weighted by Gasteiger charge is 2.22. The number of pyridine rings is 1. The van der Waals surface area contributed by atoms with Gasteiger partial charge in [0.1, 0.15) is 0 Å². The van der Waals surface area contributed by atoms with Gasteiger partial charge in [-0.05, 0) is 37.1 Å². The summed E-state index contributed by atoms with van der Waals surface area (Å²) in [5, 5.41) is 4.16. The fourth-order valence-electron chi connectivity index (χ4n) is 3.76. The molecule has 1 aliphatic carbocycles. The smallest absolute Gasteiger partial charge is 0.262 e. The summed E-state index contributed by atoms with van der Waals surface area (Å²) in [7, 11) is 0. The van der Waals surface area contributed by atoms with Crippen molar-refractivity contribution in [2.45, 2.75) is 49.8 Å². The maximum Gasteiger partial charge on any atom is 0.262 e. The number of aromatic nitrogens is 3. The van der Waals surface area contributed by atoms with Crippen LogP contribution >= 0.6 is 11.8 Å². The predicted octanol–water partition coefficient (Wildman–Crippen LogP) is 3.71. The lowest BCUT2D eigenvalue weighted by molar-refractivity contribution is -0.118. The van der Waals surface area contributed by atoms with E-state index in [4.69, 9.17) is 4.98 Å². The lowest BCUT2D eigenvalue weighted by Crippen LogP contribution is -2.30. The number of benzene rings is 1. The van der Waals surface area contributed by atoms with Crippen molar-refractivity contribution in [1.82, 2.24) is 19.9 Å². The highest BCUT2D eigenvalue weighted by atomic mass is 32.2. The number of nitrogens with zero attached hydrogens (tertiary/aromatic N) is 3. The molecule has 150 valence electrons. The first kappa shape index (κ1) is 19.6. The van der Waals surface area contributed by atoms with Crippen LogP contribution < -0.4 is 10.9 Å². The van der Waals surface area contributed by atoms with E-state index in [1.165, 1.54) is 18.2 Å². The maximum absolute atomic E-state index is 13.2. The van der Waals surface area contributed by atoms with Crippen molar-refractivity contribution in [2.75, 3.05) is 5.75 Å². The zero-order chi connectivity index (χ0) is 20.1. The first-order valence-corrected chi connectivity index (χ1v) is 11.0. The van der Waals surface area contributed by atoms with Crippen LogP contribution in [0.25, 0.3) is 10.9 Å². The number of thioether (sulfide) groups is 1. The Morgan fingerprint density at radius 1 is 1.10 bits per heavy atom. The van der Waals surface area contributed by atoms with Gasteiger partial charge in [-0.3, -0.25) is 19.1 Å². The van der Waals surface area contributed by atoms with Gasteiger partial charge in [-0.2, -0.15) is 0 Å². The van der Waals surface area contributed by atoms with Crippen LogP contribution in [0.3, 0.4) is 0 Å². The van der Waals surface area contributed by atoms with Crippen molar-refractivity contribution in [3.63, 3.8) is 0 Å². The summed E-state index contributed by atoms with van der Waals surface area (Å²) < 4.78 is 1.83. The summed E-state index contributed by atoms with van der Waals surface area (Å²) in [5.41, 5.74) is 1.49. The molecule has 29 heavy (non-hydrogen) atoms. The van der Waals surface area contributed by atoms with Crippen molar-refractivity contribution >= 4 is 28.6 Å². The minimum atomic E-state index is -0.0988. The lowest BCUT2D eigenvalue weighted by atomic mass is 9.95. The van der Waals surface area contributed by atoms with Gasteiger partial charge in [-0.25, -0.2) is 4.98 Å². The molecule has 1 N–H and O–H groups in total. The van der Waals surface area contributed by atoms with E-state index in [1.807, 2.05) is 47.0 Å². The van der Waals surface area contributed by atoms with Crippen LogP contribution in [-0.4, -0.2) is 26.2 Å². The van der Waals surface area contributed by atoms with Crippen molar-refractivity contribution < 1.29 is 4.79 Å².